The van der Waals surface area contributed by atoms with Crippen molar-refractivity contribution in [1.29, 1.82) is 0 Å². The molecule has 1 heterocycles. The number of benzene rings is 1. The fourth-order valence-electron chi connectivity index (χ4n) is 1.60. The molecule has 0 spiro atoms. The summed E-state index contributed by atoms with van der Waals surface area (Å²) in [6, 6.07) is 10.1. The number of aromatic nitrogens is 2. The minimum absolute atomic E-state index is 0.957. The zero-order valence-electron chi connectivity index (χ0n) is 10.3. The van der Waals surface area contributed by atoms with Gasteiger partial charge in [-0.2, -0.15) is 10.2 Å². The second-order valence-corrected chi connectivity index (χ2v) is 4.06. The molecule has 1 aromatic carbocycles. The Kier molecular flexibility index (Phi) is 3.23. The summed E-state index contributed by atoms with van der Waals surface area (Å²) in [5, 5.41) is 10.5. The largest absolute Gasteiger partial charge is 0.303 e. The average molecular weight is 228 g/mol. The highest BCUT2D eigenvalue weighted by Gasteiger charge is 2.07. The van der Waals surface area contributed by atoms with Gasteiger partial charge < -0.3 is 5.01 Å². The molecule has 2 rings (SSSR count). The van der Waals surface area contributed by atoms with E-state index in [1.165, 1.54) is 0 Å². The maximum Gasteiger partial charge on any atom is 0.101 e. The molecule has 0 aliphatic carbocycles. The summed E-state index contributed by atoms with van der Waals surface area (Å²) in [5.74, 6) is 0. The van der Waals surface area contributed by atoms with Crippen LogP contribution in [0, 0.1) is 0 Å². The highest BCUT2D eigenvalue weighted by molar-refractivity contribution is 5.88. The Balaban J connectivity index is 2.41. The molecular formula is C13H16N4. The van der Waals surface area contributed by atoms with E-state index in [-0.39, 0.29) is 0 Å². The number of hydrogen-bond acceptors (Lipinski definition) is 3. The lowest BCUT2D eigenvalue weighted by Crippen LogP contribution is -2.02. The van der Waals surface area contributed by atoms with Crippen molar-refractivity contribution in [1.82, 2.24) is 14.8 Å². The predicted molar refractivity (Wildman–Crippen MR) is 69.9 cm³/mol. The number of nitrogens with zero attached hydrogens (tertiary/aromatic N) is 4. The highest BCUT2D eigenvalue weighted by Crippen LogP contribution is 2.19. The van der Waals surface area contributed by atoms with Gasteiger partial charge in [-0.3, -0.25) is 4.68 Å². The van der Waals surface area contributed by atoms with E-state index in [9.17, 15) is 0 Å². The summed E-state index contributed by atoms with van der Waals surface area (Å²) in [5.41, 5.74) is 3.08. The van der Waals surface area contributed by atoms with E-state index in [4.69, 9.17) is 0 Å². The summed E-state index contributed by atoms with van der Waals surface area (Å²) in [6.45, 7) is 0. The van der Waals surface area contributed by atoms with Gasteiger partial charge in [0.1, 0.15) is 5.69 Å². The van der Waals surface area contributed by atoms with Crippen LogP contribution in [-0.4, -0.2) is 35.1 Å². The van der Waals surface area contributed by atoms with Crippen LogP contribution in [0.4, 0.5) is 0 Å². The molecule has 88 valence electrons. The van der Waals surface area contributed by atoms with E-state index >= 15 is 0 Å². The van der Waals surface area contributed by atoms with Crippen molar-refractivity contribution < 1.29 is 0 Å². The lowest BCUT2D eigenvalue weighted by molar-refractivity contribution is 0.440. The minimum atomic E-state index is 0.957. The van der Waals surface area contributed by atoms with Crippen LogP contribution in [0.2, 0.25) is 0 Å². The van der Waals surface area contributed by atoms with Gasteiger partial charge in [-0.15, -0.1) is 0 Å². The fourth-order valence-corrected chi connectivity index (χ4v) is 1.60. The number of hydrazone groups is 1. The number of rotatable bonds is 3. The molecule has 0 saturated carbocycles. The Bertz CT molecular complexity index is 511. The quantitative estimate of drug-likeness (QED) is 0.594. The van der Waals surface area contributed by atoms with Crippen molar-refractivity contribution in [2.75, 3.05) is 14.1 Å². The summed E-state index contributed by atoms with van der Waals surface area (Å²) in [6.07, 6.45) is 3.80. The Morgan fingerprint density at radius 1 is 1.24 bits per heavy atom. The van der Waals surface area contributed by atoms with Gasteiger partial charge in [-0.1, -0.05) is 30.3 Å². The van der Waals surface area contributed by atoms with Crippen LogP contribution >= 0.6 is 0 Å². The first-order valence-corrected chi connectivity index (χ1v) is 5.47. The standard InChI is InChI=1S/C13H16N4/c1-16(2)14-9-12-10-17(3)15-13(12)11-7-5-4-6-8-11/h4-10H,1-3H3/b14-9+. The molecule has 4 heteroatoms. The molecule has 0 saturated heterocycles. The van der Waals surface area contributed by atoms with Crippen LogP contribution in [0.1, 0.15) is 5.56 Å². The van der Waals surface area contributed by atoms with Gasteiger partial charge in [0, 0.05) is 38.5 Å². The maximum absolute atomic E-state index is 4.47. The molecule has 0 bridgehead atoms. The van der Waals surface area contributed by atoms with Gasteiger partial charge in [-0.25, -0.2) is 0 Å². The average Bonchev–Trinajstić information content (AvgIpc) is 2.69. The molecule has 0 amide bonds. The highest BCUT2D eigenvalue weighted by atomic mass is 15.4. The molecule has 0 atom stereocenters. The van der Waals surface area contributed by atoms with Crippen LogP contribution in [0.15, 0.2) is 41.6 Å². The first-order chi connectivity index (χ1) is 8.16. The van der Waals surface area contributed by atoms with Crippen LogP contribution < -0.4 is 0 Å². The zero-order valence-corrected chi connectivity index (χ0v) is 10.3. The van der Waals surface area contributed by atoms with Gasteiger partial charge in [0.15, 0.2) is 0 Å². The second-order valence-electron chi connectivity index (χ2n) is 4.06. The first kappa shape index (κ1) is 11.4. The Morgan fingerprint density at radius 2 is 1.94 bits per heavy atom. The third-order valence-corrected chi connectivity index (χ3v) is 2.33. The van der Waals surface area contributed by atoms with E-state index in [2.05, 4.69) is 22.3 Å². The van der Waals surface area contributed by atoms with Crippen molar-refractivity contribution in [3.05, 3.63) is 42.1 Å². The van der Waals surface area contributed by atoms with Gasteiger partial charge in [0.2, 0.25) is 0 Å². The van der Waals surface area contributed by atoms with Crippen molar-refractivity contribution >= 4 is 6.21 Å². The van der Waals surface area contributed by atoms with Crippen LogP contribution in [-0.2, 0) is 7.05 Å². The summed E-state index contributed by atoms with van der Waals surface area (Å²) >= 11 is 0. The monoisotopic (exact) mass is 228 g/mol. The van der Waals surface area contributed by atoms with E-state index in [1.807, 2.05) is 51.8 Å². The van der Waals surface area contributed by atoms with Crippen molar-refractivity contribution in [3.8, 4) is 11.3 Å². The Labute approximate surface area is 101 Å². The maximum atomic E-state index is 4.47. The van der Waals surface area contributed by atoms with Gasteiger partial charge in [0.25, 0.3) is 0 Å². The van der Waals surface area contributed by atoms with Crippen LogP contribution in [0.3, 0.4) is 0 Å². The molecule has 17 heavy (non-hydrogen) atoms. The molecule has 2 aromatic rings. The minimum Gasteiger partial charge on any atom is -0.303 e. The zero-order chi connectivity index (χ0) is 12.3. The smallest absolute Gasteiger partial charge is 0.101 e. The van der Waals surface area contributed by atoms with Crippen molar-refractivity contribution in [3.63, 3.8) is 0 Å². The first-order valence-electron chi connectivity index (χ1n) is 5.47. The normalized spacial score (nSPS) is 11.0. The number of hydrogen-bond donors (Lipinski definition) is 0. The molecule has 0 aliphatic heterocycles. The molecule has 0 unspecified atom stereocenters. The van der Waals surface area contributed by atoms with Crippen LogP contribution in [0.25, 0.3) is 11.3 Å². The molecular weight excluding hydrogens is 212 g/mol. The van der Waals surface area contributed by atoms with Crippen LogP contribution in [0.5, 0.6) is 0 Å². The summed E-state index contributed by atoms with van der Waals surface area (Å²) < 4.78 is 1.80. The molecule has 4 nitrogen and oxygen atoms in total. The van der Waals surface area contributed by atoms with Gasteiger partial charge >= 0.3 is 0 Å². The lowest BCUT2D eigenvalue weighted by Gasteiger charge is -2.02. The van der Waals surface area contributed by atoms with E-state index in [0.29, 0.717) is 0 Å². The van der Waals surface area contributed by atoms with Gasteiger partial charge in [0.05, 0.1) is 6.21 Å². The SMILES string of the molecule is CN(C)/N=C/c1cn(C)nc1-c1ccccc1. The Hall–Kier alpha value is -2.10. The van der Waals surface area contributed by atoms with Crippen molar-refractivity contribution in [2.45, 2.75) is 0 Å². The summed E-state index contributed by atoms with van der Waals surface area (Å²) in [4.78, 5) is 0. The molecule has 0 fully saturated rings. The summed E-state index contributed by atoms with van der Waals surface area (Å²) in [7, 11) is 5.71. The lowest BCUT2D eigenvalue weighted by atomic mass is 10.1. The number of aryl methyl sites for hydroxylation is 1. The molecule has 0 N–H and O–H groups in total. The third-order valence-electron chi connectivity index (χ3n) is 2.33. The van der Waals surface area contributed by atoms with Crippen molar-refractivity contribution in [2.24, 2.45) is 12.1 Å². The fraction of sp³-hybridized carbons (Fsp3) is 0.231. The molecule has 1 aromatic heterocycles. The molecule has 0 radical (unpaired) electrons. The van der Waals surface area contributed by atoms with Gasteiger partial charge in [-0.05, 0) is 0 Å². The third kappa shape index (κ3) is 2.72. The Morgan fingerprint density at radius 3 is 2.59 bits per heavy atom. The van der Waals surface area contributed by atoms with E-state index < -0.39 is 0 Å². The topological polar surface area (TPSA) is 33.4 Å². The molecule has 0 aliphatic rings. The predicted octanol–water partition coefficient (Wildman–Crippen LogP) is 1.98. The van der Waals surface area contributed by atoms with E-state index in [0.717, 1.165) is 16.8 Å². The van der Waals surface area contributed by atoms with E-state index in [1.54, 1.807) is 9.69 Å². The second kappa shape index (κ2) is 4.82.